The van der Waals surface area contributed by atoms with Crippen molar-refractivity contribution in [1.29, 1.82) is 0 Å². The fourth-order valence-corrected chi connectivity index (χ4v) is 4.19. The van der Waals surface area contributed by atoms with Gasteiger partial charge in [-0.05, 0) is 60.5 Å². The summed E-state index contributed by atoms with van der Waals surface area (Å²) < 4.78 is 30.9. The van der Waals surface area contributed by atoms with Gasteiger partial charge in [-0.15, -0.1) is 10.2 Å². The van der Waals surface area contributed by atoms with Crippen molar-refractivity contribution < 1.29 is 8.78 Å². The van der Waals surface area contributed by atoms with E-state index >= 15 is 0 Å². The zero-order valence-corrected chi connectivity index (χ0v) is 18.3. The van der Waals surface area contributed by atoms with Crippen molar-refractivity contribution in [2.75, 3.05) is 0 Å². The molecular weight excluding hydrogens is 450 g/mol. The highest BCUT2D eigenvalue weighted by molar-refractivity contribution is 5.77. The monoisotopic (exact) mass is 468 g/mol. The van der Waals surface area contributed by atoms with E-state index in [0.29, 0.717) is 28.3 Å². The third-order valence-corrected chi connectivity index (χ3v) is 5.77. The summed E-state index contributed by atoms with van der Waals surface area (Å²) in [6.45, 7) is 0. The van der Waals surface area contributed by atoms with Gasteiger partial charge >= 0.3 is 0 Å². The average molecular weight is 468 g/mol. The molecule has 0 saturated carbocycles. The fourth-order valence-electron chi connectivity index (χ4n) is 4.19. The summed E-state index contributed by atoms with van der Waals surface area (Å²) in [5, 5.41) is 17.0. The van der Waals surface area contributed by atoms with Crippen molar-refractivity contribution in [2.45, 2.75) is 12.5 Å². The molecule has 0 radical (unpaired) electrons. The summed E-state index contributed by atoms with van der Waals surface area (Å²) >= 11 is 0. The number of pyridine rings is 1. The molecule has 0 aliphatic rings. The van der Waals surface area contributed by atoms with Gasteiger partial charge in [-0.1, -0.05) is 34.7 Å². The Kier molecular flexibility index (Phi) is 5.00. The molecule has 0 spiro atoms. The molecule has 35 heavy (non-hydrogen) atoms. The lowest BCUT2D eigenvalue weighted by molar-refractivity contribution is 0.575. The number of aromatic nitrogens is 7. The molecule has 0 saturated heterocycles. The Morgan fingerprint density at radius 2 is 1.34 bits per heavy atom. The van der Waals surface area contributed by atoms with Crippen LogP contribution in [0.2, 0.25) is 0 Å². The zero-order chi connectivity index (χ0) is 23.9. The van der Waals surface area contributed by atoms with Gasteiger partial charge in [0.15, 0.2) is 5.82 Å². The Bertz CT molecular complexity index is 1670. The summed E-state index contributed by atoms with van der Waals surface area (Å²) in [5.41, 5.74) is 11.1. The first-order valence-corrected chi connectivity index (χ1v) is 10.9. The van der Waals surface area contributed by atoms with Crippen LogP contribution in [0, 0.1) is 11.6 Å². The molecule has 0 aliphatic heterocycles. The summed E-state index contributed by atoms with van der Waals surface area (Å²) in [7, 11) is 0. The third-order valence-electron chi connectivity index (χ3n) is 5.77. The van der Waals surface area contributed by atoms with Crippen LogP contribution in [0.1, 0.15) is 17.3 Å². The van der Waals surface area contributed by atoms with E-state index in [2.05, 4.69) is 20.6 Å². The van der Waals surface area contributed by atoms with Gasteiger partial charge in [0.1, 0.15) is 22.7 Å². The Balaban J connectivity index is 1.50. The van der Waals surface area contributed by atoms with Gasteiger partial charge in [0.25, 0.3) is 0 Å². The van der Waals surface area contributed by atoms with E-state index in [0.717, 1.165) is 22.6 Å². The molecule has 2 N–H and O–H groups in total. The molecule has 0 bridgehead atoms. The maximum atomic E-state index is 13.8. The van der Waals surface area contributed by atoms with Crippen LogP contribution in [-0.4, -0.2) is 35.0 Å². The van der Waals surface area contributed by atoms with E-state index in [1.54, 1.807) is 15.4 Å². The summed E-state index contributed by atoms with van der Waals surface area (Å²) in [6.07, 6.45) is 0.156. The number of hydrogen-bond donors (Lipinski definition) is 1. The second-order valence-corrected chi connectivity index (χ2v) is 8.14. The number of para-hydroxylation sites is 2. The summed E-state index contributed by atoms with van der Waals surface area (Å²) in [5.74, 6) is -0.821. The highest BCUT2D eigenvalue weighted by Crippen LogP contribution is 2.26. The lowest BCUT2D eigenvalue weighted by Gasteiger charge is -2.17. The van der Waals surface area contributed by atoms with Crippen molar-refractivity contribution in [2.24, 2.45) is 5.73 Å². The summed E-state index contributed by atoms with van der Waals surface area (Å²) in [4.78, 5) is 4.83. The summed E-state index contributed by atoms with van der Waals surface area (Å²) in [6, 6.07) is 21.3. The first-order chi connectivity index (χ1) is 17.1. The predicted octanol–water partition coefficient (Wildman–Crippen LogP) is 4.07. The van der Waals surface area contributed by atoms with E-state index in [-0.39, 0.29) is 6.42 Å². The minimum Gasteiger partial charge on any atom is -0.322 e. The van der Waals surface area contributed by atoms with Gasteiger partial charge in [-0.2, -0.15) is 4.68 Å². The average Bonchev–Trinajstić information content (AvgIpc) is 3.48. The molecule has 6 aromatic rings. The zero-order valence-electron chi connectivity index (χ0n) is 18.3. The van der Waals surface area contributed by atoms with Crippen LogP contribution >= 0.6 is 0 Å². The SMILES string of the molecule is NC(Cc1cc(F)cc(F)c1)c1nc(-n2nnc3ccccc32)ccc1-n1nnc2ccccc21. The fraction of sp³-hybridized carbons (Fsp3) is 0.0800. The first-order valence-electron chi connectivity index (χ1n) is 10.9. The largest absolute Gasteiger partial charge is 0.322 e. The number of nitrogens with zero attached hydrogens (tertiary/aromatic N) is 7. The maximum Gasteiger partial charge on any atom is 0.156 e. The second kappa shape index (κ2) is 8.33. The molecule has 6 rings (SSSR count). The van der Waals surface area contributed by atoms with Crippen molar-refractivity contribution in [3.8, 4) is 11.5 Å². The molecule has 10 heteroatoms. The minimum absolute atomic E-state index is 0.156. The van der Waals surface area contributed by atoms with E-state index in [1.807, 2.05) is 54.6 Å². The van der Waals surface area contributed by atoms with Crippen LogP contribution < -0.4 is 5.73 Å². The van der Waals surface area contributed by atoms with E-state index < -0.39 is 17.7 Å². The van der Waals surface area contributed by atoms with Crippen LogP contribution in [-0.2, 0) is 6.42 Å². The Morgan fingerprint density at radius 1 is 0.743 bits per heavy atom. The molecule has 8 nitrogen and oxygen atoms in total. The van der Waals surface area contributed by atoms with Gasteiger partial charge < -0.3 is 5.73 Å². The molecule has 0 amide bonds. The van der Waals surface area contributed by atoms with Gasteiger partial charge in [0.2, 0.25) is 0 Å². The molecule has 3 aromatic heterocycles. The van der Waals surface area contributed by atoms with E-state index in [4.69, 9.17) is 10.7 Å². The van der Waals surface area contributed by atoms with E-state index in [1.165, 1.54) is 12.1 Å². The molecular formula is C25H18F2N8. The Hall–Kier alpha value is -4.57. The lowest BCUT2D eigenvalue weighted by atomic mass is 10.0. The standard InChI is InChI=1S/C25H18F2N8/c26-16-11-15(12-17(27)14-16)13-18(28)25-23(34-21-7-3-1-5-19(21)30-32-34)9-10-24(29-25)35-22-8-4-2-6-20(22)31-33-35/h1-12,14,18H,13,28H2. The topological polar surface area (TPSA) is 100 Å². The van der Waals surface area contributed by atoms with Crippen LogP contribution in [0.3, 0.4) is 0 Å². The molecule has 0 aliphatic carbocycles. The highest BCUT2D eigenvalue weighted by atomic mass is 19.1. The van der Waals surface area contributed by atoms with Crippen LogP contribution in [0.15, 0.2) is 78.9 Å². The van der Waals surface area contributed by atoms with Gasteiger partial charge in [0, 0.05) is 6.07 Å². The highest BCUT2D eigenvalue weighted by Gasteiger charge is 2.20. The number of halogens is 2. The van der Waals surface area contributed by atoms with Crippen molar-refractivity contribution in [3.63, 3.8) is 0 Å². The molecule has 172 valence electrons. The predicted molar refractivity (Wildman–Crippen MR) is 126 cm³/mol. The second-order valence-electron chi connectivity index (χ2n) is 8.14. The molecule has 1 unspecified atom stereocenters. The van der Waals surface area contributed by atoms with Crippen molar-refractivity contribution >= 4 is 22.1 Å². The van der Waals surface area contributed by atoms with Crippen LogP contribution in [0.5, 0.6) is 0 Å². The number of nitrogens with two attached hydrogens (primary N) is 1. The molecule has 1 atom stereocenters. The third kappa shape index (κ3) is 3.79. The number of benzene rings is 3. The Labute approximate surface area is 197 Å². The maximum absolute atomic E-state index is 13.8. The quantitative estimate of drug-likeness (QED) is 0.409. The van der Waals surface area contributed by atoms with Crippen LogP contribution in [0.25, 0.3) is 33.6 Å². The van der Waals surface area contributed by atoms with Gasteiger partial charge in [-0.25, -0.2) is 18.4 Å². The molecule has 0 fully saturated rings. The molecule has 3 aromatic carbocycles. The molecule has 3 heterocycles. The number of hydrogen-bond acceptors (Lipinski definition) is 6. The number of rotatable bonds is 5. The van der Waals surface area contributed by atoms with Crippen molar-refractivity contribution in [3.05, 3.63) is 102 Å². The van der Waals surface area contributed by atoms with Crippen LogP contribution in [0.4, 0.5) is 8.78 Å². The van der Waals surface area contributed by atoms with E-state index in [9.17, 15) is 8.78 Å². The Morgan fingerprint density at radius 3 is 2.03 bits per heavy atom. The van der Waals surface area contributed by atoms with Gasteiger partial charge in [-0.3, -0.25) is 0 Å². The normalized spacial score (nSPS) is 12.4. The lowest BCUT2D eigenvalue weighted by Crippen LogP contribution is -2.20. The van der Waals surface area contributed by atoms with Crippen molar-refractivity contribution in [1.82, 2.24) is 35.0 Å². The smallest absolute Gasteiger partial charge is 0.156 e. The number of fused-ring (bicyclic) bond motifs is 2. The minimum atomic E-state index is -0.705. The van der Waals surface area contributed by atoms with Gasteiger partial charge in [0.05, 0.1) is 28.5 Å². The first kappa shape index (κ1) is 21.0.